The third kappa shape index (κ3) is 2.80. The second-order valence-electron chi connectivity index (χ2n) is 3.67. The molecule has 2 aromatic rings. The highest BCUT2D eigenvalue weighted by Crippen LogP contribution is 2.26. The summed E-state index contributed by atoms with van der Waals surface area (Å²) in [7, 11) is 0. The third-order valence-corrected chi connectivity index (χ3v) is 3.06. The van der Waals surface area contributed by atoms with Gasteiger partial charge in [-0.1, -0.05) is 23.7 Å². The van der Waals surface area contributed by atoms with Crippen molar-refractivity contribution in [1.29, 1.82) is 0 Å². The third-order valence-electron chi connectivity index (χ3n) is 2.43. The molecule has 0 saturated heterocycles. The van der Waals surface area contributed by atoms with E-state index in [-0.39, 0.29) is 10.2 Å². The van der Waals surface area contributed by atoms with Crippen LogP contribution in [0.4, 0.5) is 4.39 Å². The maximum absolute atomic E-state index is 13.2. The lowest BCUT2D eigenvalue weighted by atomic mass is 10.0. The first kappa shape index (κ1) is 12.4. The average molecular weight is 274 g/mol. The molecule has 2 rings (SSSR count). The van der Waals surface area contributed by atoms with Crippen LogP contribution >= 0.6 is 23.2 Å². The minimum absolute atomic E-state index is 0.0978. The molecule has 2 nitrogen and oxygen atoms in total. The van der Waals surface area contributed by atoms with Crippen molar-refractivity contribution in [2.45, 2.75) is 12.5 Å². The lowest BCUT2D eigenvalue weighted by Gasteiger charge is -2.10. The predicted molar refractivity (Wildman–Crippen MR) is 65.8 cm³/mol. The summed E-state index contributed by atoms with van der Waals surface area (Å²) < 4.78 is 18.4. The summed E-state index contributed by atoms with van der Waals surface area (Å²) in [6.45, 7) is 0. The molecule has 0 saturated carbocycles. The van der Waals surface area contributed by atoms with Crippen LogP contribution < -0.4 is 5.73 Å². The van der Waals surface area contributed by atoms with E-state index in [0.717, 1.165) is 0 Å². The fourth-order valence-electron chi connectivity index (χ4n) is 1.57. The monoisotopic (exact) mass is 273 g/mol. The van der Waals surface area contributed by atoms with Crippen LogP contribution in [0, 0.1) is 5.82 Å². The van der Waals surface area contributed by atoms with Gasteiger partial charge in [0.2, 0.25) is 0 Å². The van der Waals surface area contributed by atoms with E-state index < -0.39 is 11.9 Å². The molecule has 17 heavy (non-hydrogen) atoms. The second-order valence-corrected chi connectivity index (χ2v) is 4.42. The van der Waals surface area contributed by atoms with E-state index in [1.165, 1.54) is 6.07 Å². The van der Waals surface area contributed by atoms with Gasteiger partial charge in [0.1, 0.15) is 11.6 Å². The highest BCUT2D eigenvalue weighted by molar-refractivity contribution is 6.31. The van der Waals surface area contributed by atoms with Crippen molar-refractivity contribution in [2.24, 2.45) is 5.73 Å². The molecule has 0 bridgehead atoms. The van der Waals surface area contributed by atoms with E-state index in [9.17, 15) is 4.39 Å². The summed E-state index contributed by atoms with van der Waals surface area (Å²) in [6, 6.07) is 7.54. The Labute approximate surface area is 108 Å². The Bertz CT molecular complexity index is 527. The highest BCUT2D eigenvalue weighted by atomic mass is 35.5. The number of benzene rings is 1. The van der Waals surface area contributed by atoms with E-state index in [0.29, 0.717) is 17.7 Å². The van der Waals surface area contributed by atoms with Crippen molar-refractivity contribution in [3.63, 3.8) is 0 Å². The van der Waals surface area contributed by atoms with Crippen molar-refractivity contribution in [2.75, 3.05) is 0 Å². The molecule has 0 aliphatic carbocycles. The standard InChI is InChI=1S/C12H10Cl2FNO/c13-11-5-4-10(17-11)9(16)6-7-2-1-3-8(15)12(7)14/h1-5,9H,6,16H2. The molecule has 1 aromatic carbocycles. The number of halogens is 3. The van der Waals surface area contributed by atoms with E-state index in [4.69, 9.17) is 33.4 Å². The molecule has 0 radical (unpaired) electrons. The van der Waals surface area contributed by atoms with E-state index >= 15 is 0 Å². The number of rotatable bonds is 3. The van der Waals surface area contributed by atoms with Crippen molar-refractivity contribution in [3.05, 3.63) is 57.7 Å². The molecule has 90 valence electrons. The fourth-order valence-corrected chi connectivity index (χ4v) is 1.93. The summed E-state index contributed by atoms with van der Waals surface area (Å²) in [6.07, 6.45) is 0.389. The SMILES string of the molecule is NC(Cc1cccc(F)c1Cl)c1ccc(Cl)o1. The van der Waals surface area contributed by atoms with Gasteiger partial charge in [0.25, 0.3) is 0 Å². The van der Waals surface area contributed by atoms with Gasteiger partial charge in [-0.05, 0) is 41.8 Å². The maximum Gasteiger partial charge on any atom is 0.193 e. The molecule has 0 spiro atoms. The molecular weight excluding hydrogens is 264 g/mol. The minimum atomic E-state index is -0.450. The summed E-state index contributed by atoms with van der Waals surface area (Å²) in [4.78, 5) is 0. The zero-order chi connectivity index (χ0) is 12.4. The van der Waals surface area contributed by atoms with Crippen LogP contribution in [0.1, 0.15) is 17.4 Å². The molecule has 1 atom stereocenters. The van der Waals surface area contributed by atoms with Crippen molar-refractivity contribution in [3.8, 4) is 0 Å². The fraction of sp³-hybridized carbons (Fsp3) is 0.167. The quantitative estimate of drug-likeness (QED) is 0.919. The molecule has 2 N–H and O–H groups in total. The average Bonchev–Trinajstić information content (AvgIpc) is 2.72. The molecule has 0 fully saturated rings. The van der Waals surface area contributed by atoms with Gasteiger partial charge in [-0.25, -0.2) is 4.39 Å². The number of hydrogen-bond acceptors (Lipinski definition) is 2. The molecular formula is C12H10Cl2FNO. The smallest absolute Gasteiger partial charge is 0.193 e. The van der Waals surface area contributed by atoms with Crippen LogP contribution in [0.25, 0.3) is 0 Å². The van der Waals surface area contributed by atoms with Crippen LogP contribution in [0.15, 0.2) is 34.7 Å². The van der Waals surface area contributed by atoms with E-state index in [1.807, 2.05) is 0 Å². The van der Waals surface area contributed by atoms with Gasteiger partial charge in [0.05, 0.1) is 11.1 Å². The Morgan fingerprint density at radius 2 is 2.00 bits per heavy atom. The topological polar surface area (TPSA) is 39.2 Å². The Hall–Kier alpha value is -1.03. The van der Waals surface area contributed by atoms with Crippen molar-refractivity contribution >= 4 is 23.2 Å². The Kier molecular flexibility index (Phi) is 3.72. The lowest BCUT2D eigenvalue weighted by molar-refractivity contribution is 0.465. The molecule has 0 aliphatic heterocycles. The summed E-state index contributed by atoms with van der Waals surface area (Å²) in [5, 5.41) is 0.376. The number of furan rings is 1. The van der Waals surface area contributed by atoms with E-state index in [2.05, 4.69) is 0 Å². The molecule has 1 heterocycles. The number of hydrogen-bond donors (Lipinski definition) is 1. The lowest BCUT2D eigenvalue weighted by Crippen LogP contribution is -2.12. The molecule has 1 unspecified atom stereocenters. The summed E-state index contributed by atoms with van der Waals surface area (Å²) in [5.41, 5.74) is 6.57. The Morgan fingerprint density at radius 3 is 2.65 bits per heavy atom. The molecule has 1 aromatic heterocycles. The zero-order valence-electron chi connectivity index (χ0n) is 8.79. The largest absolute Gasteiger partial charge is 0.448 e. The van der Waals surface area contributed by atoms with Gasteiger partial charge in [0, 0.05) is 0 Å². The van der Waals surface area contributed by atoms with Gasteiger partial charge in [-0.3, -0.25) is 0 Å². The summed E-state index contributed by atoms with van der Waals surface area (Å²) >= 11 is 11.5. The maximum atomic E-state index is 13.2. The van der Waals surface area contributed by atoms with Crippen LogP contribution in [-0.4, -0.2) is 0 Å². The van der Waals surface area contributed by atoms with Crippen LogP contribution in [0.2, 0.25) is 10.2 Å². The first-order valence-corrected chi connectivity index (χ1v) is 5.77. The predicted octanol–water partition coefficient (Wildman–Crippen LogP) is 3.97. The van der Waals surface area contributed by atoms with Crippen LogP contribution in [0.3, 0.4) is 0 Å². The van der Waals surface area contributed by atoms with Crippen LogP contribution in [0.5, 0.6) is 0 Å². The van der Waals surface area contributed by atoms with Crippen molar-refractivity contribution < 1.29 is 8.81 Å². The van der Waals surface area contributed by atoms with Crippen molar-refractivity contribution in [1.82, 2.24) is 0 Å². The van der Waals surface area contributed by atoms with Gasteiger partial charge < -0.3 is 10.2 Å². The Morgan fingerprint density at radius 1 is 1.24 bits per heavy atom. The minimum Gasteiger partial charge on any atom is -0.448 e. The zero-order valence-corrected chi connectivity index (χ0v) is 10.3. The normalized spacial score (nSPS) is 12.7. The van der Waals surface area contributed by atoms with Gasteiger partial charge >= 0.3 is 0 Å². The Balaban J connectivity index is 2.18. The van der Waals surface area contributed by atoms with Gasteiger partial charge in [-0.15, -0.1) is 0 Å². The van der Waals surface area contributed by atoms with E-state index in [1.54, 1.807) is 24.3 Å². The highest BCUT2D eigenvalue weighted by Gasteiger charge is 2.14. The van der Waals surface area contributed by atoms with Gasteiger partial charge in [-0.2, -0.15) is 0 Å². The summed E-state index contributed by atoms with van der Waals surface area (Å²) in [5.74, 6) is 0.101. The number of nitrogens with two attached hydrogens (primary N) is 1. The molecule has 0 amide bonds. The van der Waals surface area contributed by atoms with Gasteiger partial charge in [0.15, 0.2) is 5.22 Å². The first-order chi connectivity index (χ1) is 8.08. The van der Waals surface area contributed by atoms with Crippen LogP contribution in [-0.2, 0) is 6.42 Å². The second kappa shape index (κ2) is 5.08. The first-order valence-electron chi connectivity index (χ1n) is 5.01. The molecule has 5 heteroatoms. The molecule has 0 aliphatic rings.